The van der Waals surface area contributed by atoms with Gasteiger partial charge >= 0.3 is 5.97 Å². The minimum absolute atomic E-state index is 0.618. The third-order valence-electron chi connectivity index (χ3n) is 3.22. The summed E-state index contributed by atoms with van der Waals surface area (Å²) in [6, 6.07) is -1.68. The third-order valence-corrected chi connectivity index (χ3v) is 3.22. The zero-order valence-electron chi connectivity index (χ0n) is 11.7. The Kier molecular flexibility index (Phi) is 6.62. The van der Waals surface area contributed by atoms with Crippen molar-refractivity contribution >= 4 is 11.9 Å². The van der Waals surface area contributed by atoms with Crippen LogP contribution in [0.15, 0.2) is 0 Å². The average Bonchev–Trinajstić information content (AvgIpc) is 2.44. The number of carbonyl (C=O) groups excluding carboxylic acids is 1. The fourth-order valence-electron chi connectivity index (χ4n) is 2.10. The van der Waals surface area contributed by atoms with Gasteiger partial charge in [0.2, 0.25) is 5.91 Å². The third kappa shape index (κ3) is 3.89. The minimum Gasteiger partial charge on any atom is -0.480 e. The first-order chi connectivity index (χ1) is 10.2. The lowest BCUT2D eigenvalue weighted by Gasteiger charge is -2.45. The monoisotopic (exact) mass is 324 g/mol. The second kappa shape index (κ2) is 7.78. The van der Waals surface area contributed by atoms with Crippen LogP contribution in [0.4, 0.5) is 0 Å². The number of hydrogen-bond acceptors (Lipinski definition) is 9. The van der Waals surface area contributed by atoms with Gasteiger partial charge in [0.05, 0.1) is 13.2 Å². The molecule has 1 amide bonds. The highest BCUT2D eigenvalue weighted by Gasteiger charge is 2.48. The number of aliphatic carboxylic acids is 1. The van der Waals surface area contributed by atoms with E-state index in [0.29, 0.717) is 5.01 Å². The smallest absolute Gasteiger partial charge is 0.325 e. The quantitative estimate of drug-likeness (QED) is 0.236. The lowest BCUT2D eigenvalue weighted by molar-refractivity contribution is -0.278. The molecule has 1 aliphatic rings. The standard InChI is InChI=1S/C11H20N2O9/c1-4(16)12-13(5(2-14)11(20)21)10-9(19)8(18)7(17)6(3-15)22-10/h5-10,14-15,17-19H,2-3H2,1H3,(H,12,16)(H,20,21)/t5-,6+,7+,8-,9+,10?/m0/s1. The van der Waals surface area contributed by atoms with Crippen LogP contribution in [0.1, 0.15) is 6.92 Å². The van der Waals surface area contributed by atoms with Crippen molar-refractivity contribution in [2.75, 3.05) is 13.2 Å². The number of ether oxygens (including phenoxy) is 1. The zero-order valence-corrected chi connectivity index (χ0v) is 11.7. The van der Waals surface area contributed by atoms with Gasteiger partial charge in [-0.25, -0.2) is 0 Å². The summed E-state index contributed by atoms with van der Waals surface area (Å²) in [5, 5.41) is 57.3. The molecule has 7 N–H and O–H groups in total. The molecular weight excluding hydrogens is 304 g/mol. The molecule has 0 spiro atoms. The Bertz CT molecular complexity index is 405. The maximum atomic E-state index is 11.2. The summed E-state index contributed by atoms with van der Waals surface area (Å²) in [6.45, 7) is -0.579. The van der Waals surface area contributed by atoms with Crippen LogP contribution in [0.5, 0.6) is 0 Å². The zero-order chi connectivity index (χ0) is 17.0. The Morgan fingerprint density at radius 1 is 1.18 bits per heavy atom. The number of nitrogens with one attached hydrogen (secondary N) is 1. The van der Waals surface area contributed by atoms with Crippen molar-refractivity contribution in [2.45, 2.75) is 43.6 Å². The lowest BCUT2D eigenvalue weighted by Crippen LogP contribution is -2.69. The van der Waals surface area contributed by atoms with E-state index in [0.717, 1.165) is 6.92 Å². The molecule has 0 aromatic heterocycles. The van der Waals surface area contributed by atoms with E-state index in [9.17, 15) is 24.9 Å². The number of hydrogen-bond donors (Lipinski definition) is 7. The first kappa shape index (κ1) is 18.7. The van der Waals surface area contributed by atoms with Gasteiger partial charge in [0, 0.05) is 6.92 Å². The van der Waals surface area contributed by atoms with E-state index in [-0.39, 0.29) is 0 Å². The molecule has 0 saturated carbocycles. The van der Waals surface area contributed by atoms with Crippen molar-refractivity contribution < 1.29 is 45.0 Å². The second-order valence-electron chi connectivity index (χ2n) is 4.83. The van der Waals surface area contributed by atoms with Crippen molar-refractivity contribution in [1.29, 1.82) is 0 Å². The molecule has 1 fully saturated rings. The Morgan fingerprint density at radius 3 is 2.18 bits per heavy atom. The number of rotatable bonds is 6. The number of aliphatic hydroxyl groups excluding tert-OH is 5. The molecule has 0 radical (unpaired) electrons. The highest BCUT2D eigenvalue weighted by Crippen LogP contribution is 2.24. The van der Waals surface area contributed by atoms with Crippen LogP contribution in [0.2, 0.25) is 0 Å². The Balaban J connectivity index is 3.10. The molecular formula is C11H20N2O9. The van der Waals surface area contributed by atoms with E-state index in [2.05, 4.69) is 5.43 Å². The molecule has 11 heteroatoms. The molecule has 11 nitrogen and oxygen atoms in total. The summed E-state index contributed by atoms with van der Waals surface area (Å²) in [7, 11) is 0. The molecule has 6 atom stereocenters. The Labute approximate surface area is 125 Å². The van der Waals surface area contributed by atoms with Gasteiger partial charge in [-0.15, -0.1) is 0 Å². The van der Waals surface area contributed by atoms with E-state index in [1.165, 1.54) is 0 Å². The summed E-state index contributed by atoms with van der Waals surface area (Å²) < 4.78 is 5.15. The highest BCUT2D eigenvalue weighted by molar-refractivity contribution is 5.76. The predicted molar refractivity (Wildman–Crippen MR) is 67.9 cm³/mol. The summed E-state index contributed by atoms with van der Waals surface area (Å²) in [4.78, 5) is 22.4. The average molecular weight is 324 g/mol. The number of carboxylic acids is 1. The van der Waals surface area contributed by atoms with Crippen molar-refractivity contribution in [1.82, 2.24) is 10.4 Å². The molecule has 128 valence electrons. The summed E-state index contributed by atoms with van der Waals surface area (Å²) >= 11 is 0. The Morgan fingerprint density at radius 2 is 1.77 bits per heavy atom. The first-order valence-corrected chi connectivity index (χ1v) is 6.44. The van der Waals surface area contributed by atoms with Gasteiger partial charge in [0.15, 0.2) is 12.3 Å². The molecule has 0 aliphatic carbocycles. The molecule has 1 heterocycles. The highest BCUT2D eigenvalue weighted by atomic mass is 16.6. The normalized spacial score (nSPS) is 33.5. The topological polar surface area (TPSA) is 180 Å². The lowest BCUT2D eigenvalue weighted by atomic mass is 9.97. The summed E-state index contributed by atoms with van der Waals surface area (Å²) in [6.07, 6.45) is -8.06. The number of hydrazine groups is 1. The molecule has 1 aliphatic heterocycles. The molecule has 0 bridgehead atoms. The van der Waals surface area contributed by atoms with Crippen LogP contribution in [0, 0.1) is 0 Å². The molecule has 0 aromatic rings. The summed E-state index contributed by atoms with van der Waals surface area (Å²) in [5.41, 5.74) is 2.09. The maximum Gasteiger partial charge on any atom is 0.325 e. The molecule has 1 saturated heterocycles. The van der Waals surface area contributed by atoms with Gasteiger partial charge in [-0.05, 0) is 0 Å². The predicted octanol–water partition coefficient (Wildman–Crippen LogP) is -4.42. The van der Waals surface area contributed by atoms with Gasteiger partial charge < -0.3 is 35.4 Å². The van der Waals surface area contributed by atoms with Crippen molar-refractivity contribution in [3.63, 3.8) is 0 Å². The van der Waals surface area contributed by atoms with Gasteiger partial charge in [-0.2, -0.15) is 5.01 Å². The van der Waals surface area contributed by atoms with Gasteiger partial charge in [-0.3, -0.25) is 15.0 Å². The number of nitrogens with zero attached hydrogens (tertiary/aromatic N) is 1. The van der Waals surface area contributed by atoms with E-state index < -0.39 is 61.8 Å². The van der Waals surface area contributed by atoms with Crippen LogP contribution in [-0.2, 0) is 14.3 Å². The Hall–Kier alpha value is -1.34. The molecule has 22 heavy (non-hydrogen) atoms. The SMILES string of the molecule is CC(=O)NN(C1O[C@H](CO)[C@@H](O)[C@H](O)[C@H]1O)[C@@H](CO)C(=O)O. The van der Waals surface area contributed by atoms with Crippen LogP contribution >= 0.6 is 0 Å². The van der Waals surface area contributed by atoms with E-state index in [1.54, 1.807) is 0 Å². The number of amides is 1. The number of carboxylic acid groups (broad SMARTS) is 1. The van der Waals surface area contributed by atoms with Gasteiger partial charge in [0.1, 0.15) is 24.4 Å². The minimum atomic E-state index is -1.79. The number of carbonyl (C=O) groups is 2. The van der Waals surface area contributed by atoms with Crippen LogP contribution in [0.25, 0.3) is 0 Å². The fourth-order valence-corrected chi connectivity index (χ4v) is 2.10. The maximum absolute atomic E-state index is 11.2. The molecule has 1 rings (SSSR count). The van der Waals surface area contributed by atoms with E-state index in [1.807, 2.05) is 0 Å². The van der Waals surface area contributed by atoms with Crippen LogP contribution in [0.3, 0.4) is 0 Å². The van der Waals surface area contributed by atoms with Gasteiger partial charge in [0.25, 0.3) is 0 Å². The van der Waals surface area contributed by atoms with Crippen LogP contribution < -0.4 is 5.43 Å². The molecule has 1 unspecified atom stereocenters. The number of aliphatic hydroxyl groups is 5. The largest absolute Gasteiger partial charge is 0.480 e. The van der Waals surface area contributed by atoms with Gasteiger partial charge in [-0.1, -0.05) is 0 Å². The van der Waals surface area contributed by atoms with Crippen LogP contribution in [-0.4, -0.2) is 97.4 Å². The van der Waals surface area contributed by atoms with E-state index in [4.69, 9.17) is 20.1 Å². The van der Waals surface area contributed by atoms with Crippen molar-refractivity contribution in [3.8, 4) is 0 Å². The summed E-state index contributed by atoms with van der Waals surface area (Å²) in [5.74, 6) is -2.23. The molecule has 0 aromatic carbocycles. The first-order valence-electron chi connectivity index (χ1n) is 6.44. The van der Waals surface area contributed by atoms with Crippen molar-refractivity contribution in [3.05, 3.63) is 0 Å². The second-order valence-corrected chi connectivity index (χ2v) is 4.83. The fraction of sp³-hybridized carbons (Fsp3) is 0.818. The van der Waals surface area contributed by atoms with E-state index >= 15 is 0 Å². The van der Waals surface area contributed by atoms with Crippen molar-refractivity contribution in [2.24, 2.45) is 0 Å².